The van der Waals surface area contributed by atoms with Crippen LogP contribution < -0.4 is 5.73 Å². The van der Waals surface area contributed by atoms with E-state index in [0.29, 0.717) is 5.69 Å². The molecular formula is C15H21N3O. The summed E-state index contributed by atoms with van der Waals surface area (Å²) in [6.45, 7) is 5.37. The van der Waals surface area contributed by atoms with Crippen molar-refractivity contribution in [3.05, 3.63) is 24.1 Å². The first-order valence-electron chi connectivity index (χ1n) is 7.12. The van der Waals surface area contributed by atoms with Gasteiger partial charge in [-0.05, 0) is 37.4 Å². The highest BCUT2D eigenvalue weighted by molar-refractivity contribution is 5.85. The Morgan fingerprint density at radius 2 is 2.37 bits per heavy atom. The standard InChI is InChI=1S/C15H21N3O/c1-2-11-5-4-8-18(9-11)10-14-17-15-12(16)6-3-7-13(15)19-14/h3,6-7,11H,2,4-5,8-10,16H2,1H3. The van der Waals surface area contributed by atoms with E-state index in [2.05, 4.69) is 16.8 Å². The Balaban J connectivity index is 1.76. The highest BCUT2D eigenvalue weighted by atomic mass is 16.3. The average Bonchev–Trinajstić information content (AvgIpc) is 2.83. The molecule has 0 aliphatic carbocycles. The Bertz CT molecular complexity index is 564. The van der Waals surface area contributed by atoms with E-state index in [1.54, 1.807) is 0 Å². The molecule has 4 heteroatoms. The summed E-state index contributed by atoms with van der Waals surface area (Å²) in [6.07, 6.45) is 3.89. The van der Waals surface area contributed by atoms with Gasteiger partial charge in [-0.3, -0.25) is 4.90 Å². The molecule has 102 valence electrons. The molecule has 0 bridgehead atoms. The average molecular weight is 259 g/mol. The number of nitrogen functional groups attached to an aromatic ring is 1. The summed E-state index contributed by atoms with van der Waals surface area (Å²) >= 11 is 0. The van der Waals surface area contributed by atoms with Crippen LogP contribution in [0.25, 0.3) is 11.1 Å². The third-order valence-electron chi connectivity index (χ3n) is 4.03. The van der Waals surface area contributed by atoms with Crippen molar-refractivity contribution in [2.24, 2.45) is 5.92 Å². The molecule has 1 aliphatic rings. The van der Waals surface area contributed by atoms with E-state index >= 15 is 0 Å². The number of anilines is 1. The summed E-state index contributed by atoms with van der Waals surface area (Å²) < 4.78 is 5.79. The maximum atomic E-state index is 5.91. The second-order valence-corrected chi connectivity index (χ2v) is 5.45. The molecule has 0 spiro atoms. The first kappa shape index (κ1) is 12.5. The molecule has 19 heavy (non-hydrogen) atoms. The van der Waals surface area contributed by atoms with Gasteiger partial charge in [-0.2, -0.15) is 0 Å². The van der Waals surface area contributed by atoms with Crippen LogP contribution in [0.1, 0.15) is 32.1 Å². The molecule has 2 heterocycles. The van der Waals surface area contributed by atoms with Gasteiger partial charge in [-0.25, -0.2) is 4.98 Å². The maximum absolute atomic E-state index is 5.91. The van der Waals surface area contributed by atoms with Gasteiger partial charge in [0, 0.05) is 6.54 Å². The number of hydrogen-bond acceptors (Lipinski definition) is 4. The summed E-state index contributed by atoms with van der Waals surface area (Å²) in [5.41, 5.74) is 8.19. The molecule has 1 unspecified atom stereocenters. The van der Waals surface area contributed by atoms with Crippen LogP contribution in [-0.4, -0.2) is 23.0 Å². The lowest BCUT2D eigenvalue weighted by Gasteiger charge is -2.31. The minimum Gasteiger partial charge on any atom is -0.439 e. The zero-order valence-corrected chi connectivity index (χ0v) is 11.4. The predicted octanol–water partition coefficient (Wildman–Crippen LogP) is 3.03. The van der Waals surface area contributed by atoms with Crippen molar-refractivity contribution in [2.45, 2.75) is 32.7 Å². The number of fused-ring (bicyclic) bond motifs is 1. The quantitative estimate of drug-likeness (QED) is 0.861. The number of para-hydroxylation sites is 1. The van der Waals surface area contributed by atoms with Crippen LogP contribution in [0.5, 0.6) is 0 Å². The molecule has 1 saturated heterocycles. The zero-order valence-electron chi connectivity index (χ0n) is 11.4. The number of piperidine rings is 1. The SMILES string of the molecule is CCC1CCCN(Cc2nc3c(N)cccc3o2)C1. The van der Waals surface area contributed by atoms with Gasteiger partial charge in [0.25, 0.3) is 0 Å². The van der Waals surface area contributed by atoms with Gasteiger partial charge < -0.3 is 10.2 Å². The van der Waals surface area contributed by atoms with E-state index in [0.717, 1.165) is 42.5 Å². The molecular weight excluding hydrogens is 238 g/mol. The van der Waals surface area contributed by atoms with Gasteiger partial charge in [0.1, 0.15) is 5.52 Å². The van der Waals surface area contributed by atoms with Gasteiger partial charge >= 0.3 is 0 Å². The number of nitrogens with zero attached hydrogens (tertiary/aromatic N) is 2. The number of oxazole rings is 1. The van der Waals surface area contributed by atoms with Crippen LogP contribution in [0, 0.1) is 5.92 Å². The molecule has 3 rings (SSSR count). The molecule has 0 amide bonds. The van der Waals surface area contributed by atoms with Gasteiger partial charge in [0.2, 0.25) is 5.89 Å². The van der Waals surface area contributed by atoms with Gasteiger partial charge in [-0.1, -0.05) is 19.4 Å². The second-order valence-electron chi connectivity index (χ2n) is 5.45. The van der Waals surface area contributed by atoms with Crippen molar-refractivity contribution in [2.75, 3.05) is 18.8 Å². The summed E-state index contributed by atoms with van der Waals surface area (Å²) in [5, 5.41) is 0. The maximum Gasteiger partial charge on any atom is 0.209 e. The number of rotatable bonds is 3. The molecule has 1 aromatic carbocycles. The van der Waals surface area contributed by atoms with Crippen LogP contribution in [-0.2, 0) is 6.54 Å². The molecule has 1 fully saturated rings. The van der Waals surface area contributed by atoms with Crippen molar-refractivity contribution in [1.82, 2.24) is 9.88 Å². The van der Waals surface area contributed by atoms with E-state index in [9.17, 15) is 0 Å². The van der Waals surface area contributed by atoms with Crippen LogP contribution in [0.3, 0.4) is 0 Å². The number of nitrogens with two attached hydrogens (primary N) is 1. The van der Waals surface area contributed by atoms with Crippen molar-refractivity contribution in [3.8, 4) is 0 Å². The summed E-state index contributed by atoms with van der Waals surface area (Å²) in [4.78, 5) is 6.97. The van der Waals surface area contributed by atoms with Crippen LogP contribution in [0.2, 0.25) is 0 Å². The number of aromatic nitrogens is 1. The minimum absolute atomic E-state index is 0.692. The summed E-state index contributed by atoms with van der Waals surface area (Å²) in [6, 6.07) is 5.69. The predicted molar refractivity (Wildman–Crippen MR) is 76.7 cm³/mol. The lowest BCUT2D eigenvalue weighted by Crippen LogP contribution is -2.34. The third-order valence-corrected chi connectivity index (χ3v) is 4.03. The normalized spacial score (nSPS) is 21.0. The van der Waals surface area contributed by atoms with Gasteiger partial charge in [-0.15, -0.1) is 0 Å². The fourth-order valence-electron chi connectivity index (χ4n) is 2.90. The van der Waals surface area contributed by atoms with Crippen LogP contribution in [0.15, 0.2) is 22.6 Å². The van der Waals surface area contributed by atoms with Crippen LogP contribution in [0.4, 0.5) is 5.69 Å². The Morgan fingerprint density at radius 3 is 3.16 bits per heavy atom. The van der Waals surface area contributed by atoms with Gasteiger partial charge in [0.15, 0.2) is 5.58 Å². The fraction of sp³-hybridized carbons (Fsp3) is 0.533. The third kappa shape index (κ3) is 2.59. The topological polar surface area (TPSA) is 55.3 Å². The highest BCUT2D eigenvalue weighted by Crippen LogP contribution is 2.24. The van der Waals surface area contributed by atoms with Gasteiger partial charge in [0.05, 0.1) is 12.2 Å². The molecule has 1 aliphatic heterocycles. The molecule has 0 saturated carbocycles. The summed E-state index contributed by atoms with van der Waals surface area (Å²) in [5.74, 6) is 1.60. The van der Waals surface area contributed by atoms with Crippen molar-refractivity contribution < 1.29 is 4.42 Å². The van der Waals surface area contributed by atoms with E-state index in [4.69, 9.17) is 10.2 Å². The van der Waals surface area contributed by atoms with E-state index in [1.807, 2.05) is 18.2 Å². The fourth-order valence-corrected chi connectivity index (χ4v) is 2.90. The number of benzene rings is 1. The van der Waals surface area contributed by atoms with E-state index in [-0.39, 0.29) is 0 Å². The van der Waals surface area contributed by atoms with E-state index < -0.39 is 0 Å². The first-order chi connectivity index (χ1) is 9.26. The number of likely N-dealkylation sites (tertiary alicyclic amines) is 1. The van der Waals surface area contributed by atoms with E-state index in [1.165, 1.54) is 19.3 Å². The lowest BCUT2D eigenvalue weighted by molar-refractivity contribution is 0.153. The lowest BCUT2D eigenvalue weighted by atomic mass is 9.96. The zero-order chi connectivity index (χ0) is 13.2. The smallest absolute Gasteiger partial charge is 0.209 e. The largest absolute Gasteiger partial charge is 0.439 e. The Labute approximate surface area is 113 Å². The molecule has 0 radical (unpaired) electrons. The second kappa shape index (κ2) is 5.21. The Hall–Kier alpha value is -1.55. The number of hydrogen-bond donors (Lipinski definition) is 1. The van der Waals surface area contributed by atoms with Crippen molar-refractivity contribution in [3.63, 3.8) is 0 Å². The molecule has 2 aromatic rings. The minimum atomic E-state index is 0.692. The molecule has 1 atom stereocenters. The molecule has 4 nitrogen and oxygen atoms in total. The van der Waals surface area contributed by atoms with Crippen molar-refractivity contribution in [1.29, 1.82) is 0 Å². The molecule has 1 aromatic heterocycles. The summed E-state index contributed by atoms with van der Waals surface area (Å²) in [7, 11) is 0. The first-order valence-corrected chi connectivity index (χ1v) is 7.12. The Kier molecular flexibility index (Phi) is 3.42. The van der Waals surface area contributed by atoms with Crippen molar-refractivity contribution >= 4 is 16.8 Å². The highest BCUT2D eigenvalue weighted by Gasteiger charge is 2.20. The molecule has 2 N–H and O–H groups in total. The Morgan fingerprint density at radius 1 is 1.47 bits per heavy atom. The van der Waals surface area contributed by atoms with Crippen LogP contribution >= 0.6 is 0 Å². The monoisotopic (exact) mass is 259 g/mol.